The maximum Gasteiger partial charge on any atom is 0.321 e. The smallest absolute Gasteiger partial charge is 0.321 e. The molecule has 2 N–H and O–H groups in total. The van der Waals surface area contributed by atoms with Gasteiger partial charge in [-0.2, -0.15) is 0 Å². The molecule has 1 aliphatic heterocycles. The van der Waals surface area contributed by atoms with Gasteiger partial charge in [0, 0.05) is 10.5 Å². The van der Waals surface area contributed by atoms with E-state index in [1.165, 1.54) is 5.56 Å². The number of aliphatic carboxylic acids is 1. The van der Waals surface area contributed by atoms with Crippen LogP contribution in [0.15, 0.2) is 22.7 Å². The number of carboxylic acids is 1. The molecule has 0 spiro atoms. The van der Waals surface area contributed by atoms with Crippen molar-refractivity contribution < 1.29 is 9.90 Å². The van der Waals surface area contributed by atoms with Crippen LogP contribution in [-0.2, 0) is 11.2 Å². The van der Waals surface area contributed by atoms with Crippen LogP contribution in [0.4, 0.5) is 0 Å². The van der Waals surface area contributed by atoms with Crippen molar-refractivity contribution in [1.29, 1.82) is 0 Å². The van der Waals surface area contributed by atoms with Gasteiger partial charge in [-0.05, 0) is 30.5 Å². The molecule has 2 atom stereocenters. The molecule has 1 aliphatic rings. The van der Waals surface area contributed by atoms with Crippen molar-refractivity contribution in [3.8, 4) is 0 Å². The van der Waals surface area contributed by atoms with E-state index in [4.69, 9.17) is 5.11 Å². The lowest BCUT2D eigenvalue weighted by molar-refractivity contribution is -0.139. The summed E-state index contributed by atoms with van der Waals surface area (Å²) in [6.45, 7) is 1.99. The normalized spacial score (nSPS) is 24.7. The molecular formula is C11H12BrNO2. The maximum atomic E-state index is 10.9. The summed E-state index contributed by atoms with van der Waals surface area (Å²) < 4.78 is 1.000. The van der Waals surface area contributed by atoms with E-state index in [-0.39, 0.29) is 6.04 Å². The van der Waals surface area contributed by atoms with Gasteiger partial charge in [0.1, 0.15) is 6.04 Å². The predicted molar refractivity (Wildman–Crippen MR) is 60.8 cm³/mol. The molecule has 3 nitrogen and oxygen atoms in total. The Hall–Kier alpha value is -0.870. The quantitative estimate of drug-likeness (QED) is 0.821. The predicted octanol–water partition coefficient (Wildman–Crippen LogP) is 2.11. The molecule has 0 amide bonds. The van der Waals surface area contributed by atoms with E-state index < -0.39 is 12.0 Å². The number of fused-ring (bicyclic) bond motifs is 1. The van der Waals surface area contributed by atoms with E-state index in [0.29, 0.717) is 6.42 Å². The number of hydrogen-bond acceptors (Lipinski definition) is 2. The SMILES string of the molecule is CC1N[C@@H](C(=O)O)Cc2c(Br)cccc21. The molecule has 0 aromatic heterocycles. The second-order valence-corrected chi connectivity index (χ2v) is 4.65. The first-order chi connectivity index (χ1) is 7.09. The van der Waals surface area contributed by atoms with E-state index >= 15 is 0 Å². The molecule has 1 heterocycles. The molecular weight excluding hydrogens is 258 g/mol. The van der Waals surface area contributed by atoms with Gasteiger partial charge in [-0.1, -0.05) is 28.1 Å². The molecule has 0 saturated heterocycles. The number of hydrogen-bond donors (Lipinski definition) is 2. The van der Waals surface area contributed by atoms with Crippen molar-refractivity contribution >= 4 is 21.9 Å². The standard InChI is InChI=1S/C11H12BrNO2/c1-6-7-3-2-4-9(12)8(7)5-10(13-6)11(14)15/h2-4,6,10,13H,5H2,1H3,(H,14,15)/t6?,10-/m1/s1. The van der Waals surface area contributed by atoms with Crippen LogP contribution in [0.2, 0.25) is 0 Å². The highest BCUT2D eigenvalue weighted by Crippen LogP contribution is 2.30. The molecule has 0 bridgehead atoms. The van der Waals surface area contributed by atoms with E-state index in [0.717, 1.165) is 10.0 Å². The van der Waals surface area contributed by atoms with Crippen LogP contribution in [0.3, 0.4) is 0 Å². The molecule has 80 valence electrons. The first kappa shape index (κ1) is 10.6. The van der Waals surface area contributed by atoms with Crippen molar-refractivity contribution in [2.75, 3.05) is 0 Å². The fraction of sp³-hybridized carbons (Fsp3) is 0.364. The first-order valence-electron chi connectivity index (χ1n) is 4.85. The molecule has 2 rings (SSSR count). The summed E-state index contributed by atoms with van der Waals surface area (Å²) in [5.41, 5.74) is 2.29. The molecule has 0 radical (unpaired) electrons. The Morgan fingerprint density at radius 3 is 3.00 bits per heavy atom. The fourth-order valence-corrected chi connectivity index (χ4v) is 2.55. The minimum Gasteiger partial charge on any atom is -0.480 e. The third-order valence-corrected chi connectivity index (χ3v) is 3.52. The van der Waals surface area contributed by atoms with Crippen LogP contribution >= 0.6 is 15.9 Å². The van der Waals surface area contributed by atoms with E-state index in [1.807, 2.05) is 25.1 Å². The highest BCUT2D eigenvalue weighted by atomic mass is 79.9. The topological polar surface area (TPSA) is 49.3 Å². The molecule has 1 unspecified atom stereocenters. The second-order valence-electron chi connectivity index (χ2n) is 3.79. The number of carboxylic acid groups (broad SMARTS) is 1. The van der Waals surface area contributed by atoms with Gasteiger partial charge in [0.25, 0.3) is 0 Å². The summed E-state index contributed by atoms with van der Waals surface area (Å²) in [4.78, 5) is 10.9. The lowest BCUT2D eigenvalue weighted by atomic mass is 9.91. The van der Waals surface area contributed by atoms with Gasteiger partial charge in [-0.25, -0.2) is 0 Å². The van der Waals surface area contributed by atoms with Gasteiger partial charge >= 0.3 is 5.97 Å². The average molecular weight is 270 g/mol. The molecule has 0 saturated carbocycles. The van der Waals surface area contributed by atoms with Crippen LogP contribution in [-0.4, -0.2) is 17.1 Å². The summed E-state index contributed by atoms with van der Waals surface area (Å²) in [6, 6.07) is 5.58. The molecule has 1 aromatic rings. The summed E-state index contributed by atoms with van der Waals surface area (Å²) in [6.07, 6.45) is 0.538. The number of halogens is 1. The third kappa shape index (κ3) is 1.92. The largest absolute Gasteiger partial charge is 0.480 e. The monoisotopic (exact) mass is 269 g/mol. The van der Waals surface area contributed by atoms with Crippen molar-refractivity contribution in [1.82, 2.24) is 5.32 Å². The summed E-state index contributed by atoms with van der Waals surface area (Å²) in [5.74, 6) is -0.789. The van der Waals surface area contributed by atoms with Gasteiger partial charge in [0.2, 0.25) is 0 Å². The third-order valence-electron chi connectivity index (χ3n) is 2.78. The van der Waals surface area contributed by atoms with E-state index in [9.17, 15) is 4.79 Å². The minimum absolute atomic E-state index is 0.0901. The van der Waals surface area contributed by atoms with Crippen LogP contribution in [0, 0.1) is 0 Å². The average Bonchev–Trinajstić information content (AvgIpc) is 2.19. The summed E-state index contributed by atoms with van der Waals surface area (Å²) >= 11 is 3.47. The summed E-state index contributed by atoms with van der Waals surface area (Å²) in [7, 11) is 0. The van der Waals surface area contributed by atoms with Gasteiger partial charge in [-0.15, -0.1) is 0 Å². The zero-order chi connectivity index (χ0) is 11.0. The maximum absolute atomic E-state index is 10.9. The number of carbonyl (C=O) groups is 1. The van der Waals surface area contributed by atoms with E-state index in [1.54, 1.807) is 0 Å². The zero-order valence-corrected chi connectivity index (χ0v) is 9.91. The minimum atomic E-state index is -0.789. The lowest BCUT2D eigenvalue weighted by Gasteiger charge is -2.29. The highest BCUT2D eigenvalue weighted by molar-refractivity contribution is 9.10. The van der Waals surface area contributed by atoms with Crippen molar-refractivity contribution in [3.05, 3.63) is 33.8 Å². The van der Waals surface area contributed by atoms with Crippen molar-refractivity contribution in [2.45, 2.75) is 25.4 Å². The van der Waals surface area contributed by atoms with Crippen LogP contribution < -0.4 is 5.32 Å². The highest BCUT2D eigenvalue weighted by Gasteiger charge is 2.28. The Labute approximate surface area is 96.6 Å². The van der Waals surface area contributed by atoms with Crippen LogP contribution in [0.5, 0.6) is 0 Å². The Bertz CT molecular complexity index is 406. The van der Waals surface area contributed by atoms with Crippen LogP contribution in [0.1, 0.15) is 24.1 Å². The lowest BCUT2D eigenvalue weighted by Crippen LogP contribution is -2.43. The second kappa shape index (κ2) is 3.94. The molecule has 4 heteroatoms. The Morgan fingerprint density at radius 2 is 2.33 bits per heavy atom. The van der Waals surface area contributed by atoms with E-state index in [2.05, 4.69) is 21.2 Å². The summed E-state index contributed by atoms with van der Waals surface area (Å²) in [5, 5.41) is 12.1. The van der Waals surface area contributed by atoms with Gasteiger partial charge in [0.15, 0.2) is 0 Å². The number of rotatable bonds is 1. The molecule has 1 aromatic carbocycles. The number of nitrogens with one attached hydrogen (secondary N) is 1. The van der Waals surface area contributed by atoms with Gasteiger partial charge in [0.05, 0.1) is 0 Å². The Kier molecular flexibility index (Phi) is 2.80. The molecule has 0 fully saturated rings. The molecule has 0 aliphatic carbocycles. The molecule has 15 heavy (non-hydrogen) atoms. The Balaban J connectivity index is 2.41. The van der Waals surface area contributed by atoms with Gasteiger partial charge < -0.3 is 5.11 Å². The Morgan fingerprint density at radius 1 is 1.60 bits per heavy atom. The van der Waals surface area contributed by atoms with Crippen LogP contribution in [0.25, 0.3) is 0 Å². The van der Waals surface area contributed by atoms with Gasteiger partial charge in [-0.3, -0.25) is 10.1 Å². The van der Waals surface area contributed by atoms with Crippen molar-refractivity contribution in [3.63, 3.8) is 0 Å². The fourth-order valence-electron chi connectivity index (χ4n) is 2.01. The number of benzene rings is 1. The zero-order valence-electron chi connectivity index (χ0n) is 8.33. The first-order valence-corrected chi connectivity index (χ1v) is 5.65. The van der Waals surface area contributed by atoms with Crippen molar-refractivity contribution in [2.24, 2.45) is 0 Å².